The normalized spacial score (nSPS) is 11.8. The third kappa shape index (κ3) is 2.82. The van der Waals surface area contributed by atoms with E-state index in [2.05, 4.69) is 16.3 Å². The quantitative estimate of drug-likeness (QED) is 0.804. The zero-order valence-corrected chi connectivity index (χ0v) is 11.9. The van der Waals surface area contributed by atoms with Crippen LogP contribution in [-0.2, 0) is 0 Å². The Labute approximate surface area is 126 Å². The molecule has 4 nitrogen and oxygen atoms in total. The van der Waals surface area contributed by atoms with Gasteiger partial charge in [-0.15, -0.1) is 10.2 Å². The highest BCUT2D eigenvalue weighted by Gasteiger charge is 2.15. The van der Waals surface area contributed by atoms with Crippen molar-refractivity contribution in [1.29, 1.82) is 5.26 Å². The average Bonchev–Trinajstić information content (AvgIpc) is 3.05. The zero-order chi connectivity index (χ0) is 14.7. The first-order valence-corrected chi connectivity index (χ1v) is 7.24. The van der Waals surface area contributed by atoms with Crippen molar-refractivity contribution in [2.75, 3.05) is 0 Å². The van der Waals surface area contributed by atoms with Crippen molar-refractivity contribution in [3.8, 4) is 16.6 Å². The van der Waals surface area contributed by atoms with Crippen molar-refractivity contribution in [2.24, 2.45) is 5.73 Å². The maximum Gasteiger partial charge on any atom is 0.147 e. The highest BCUT2D eigenvalue weighted by molar-refractivity contribution is 7.14. The maximum absolute atomic E-state index is 8.95. The third-order valence-corrected chi connectivity index (χ3v) is 4.16. The number of rotatable bonds is 3. The van der Waals surface area contributed by atoms with Crippen LogP contribution in [0.15, 0.2) is 54.6 Å². The lowest BCUT2D eigenvalue weighted by atomic mass is 10.1. The van der Waals surface area contributed by atoms with Gasteiger partial charge in [0.15, 0.2) is 0 Å². The summed E-state index contributed by atoms with van der Waals surface area (Å²) < 4.78 is 0. The average molecular weight is 292 g/mol. The molecule has 0 amide bonds. The van der Waals surface area contributed by atoms with E-state index in [1.54, 1.807) is 12.1 Å². The van der Waals surface area contributed by atoms with E-state index >= 15 is 0 Å². The van der Waals surface area contributed by atoms with Crippen molar-refractivity contribution in [1.82, 2.24) is 10.2 Å². The fraction of sp³-hybridized carbons (Fsp3) is 0.0625. The van der Waals surface area contributed by atoms with Gasteiger partial charge in [0, 0.05) is 5.56 Å². The van der Waals surface area contributed by atoms with E-state index in [9.17, 15) is 0 Å². The van der Waals surface area contributed by atoms with Crippen molar-refractivity contribution in [2.45, 2.75) is 6.04 Å². The second-order valence-electron chi connectivity index (χ2n) is 4.53. The Morgan fingerprint density at radius 3 is 2.62 bits per heavy atom. The number of benzene rings is 2. The number of hydrogen-bond acceptors (Lipinski definition) is 5. The Balaban J connectivity index is 1.91. The lowest BCUT2D eigenvalue weighted by Gasteiger charge is -2.06. The van der Waals surface area contributed by atoms with Crippen LogP contribution in [0.4, 0.5) is 0 Å². The smallest absolute Gasteiger partial charge is 0.147 e. The summed E-state index contributed by atoms with van der Waals surface area (Å²) in [6.07, 6.45) is 0. The van der Waals surface area contributed by atoms with E-state index in [0.717, 1.165) is 21.1 Å². The lowest BCUT2D eigenvalue weighted by molar-refractivity contribution is 0.831. The van der Waals surface area contributed by atoms with Crippen LogP contribution in [-0.4, -0.2) is 10.2 Å². The molecule has 1 heterocycles. The van der Waals surface area contributed by atoms with Gasteiger partial charge >= 0.3 is 0 Å². The van der Waals surface area contributed by atoms with Gasteiger partial charge in [-0.2, -0.15) is 5.26 Å². The minimum atomic E-state index is -0.281. The molecule has 102 valence electrons. The van der Waals surface area contributed by atoms with Crippen LogP contribution in [0.5, 0.6) is 0 Å². The van der Waals surface area contributed by atoms with Gasteiger partial charge in [-0.05, 0) is 17.7 Å². The molecule has 1 unspecified atom stereocenters. The molecule has 3 rings (SSSR count). The number of hydrogen-bond donors (Lipinski definition) is 1. The summed E-state index contributed by atoms with van der Waals surface area (Å²) in [5.41, 5.74) is 8.72. The van der Waals surface area contributed by atoms with E-state index in [1.807, 2.05) is 42.5 Å². The molecule has 0 bridgehead atoms. The van der Waals surface area contributed by atoms with Crippen molar-refractivity contribution < 1.29 is 0 Å². The Bertz CT molecular complexity index is 789. The molecule has 0 spiro atoms. The number of nitrogens with zero attached hydrogens (tertiary/aromatic N) is 3. The molecule has 5 heteroatoms. The molecule has 0 saturated carbocycles. The molecule has 21 heavy (non-hydrogen) atoms. The Kier molecular flexibility index (Phi) is 3.73. The van der Waals surface area contributed by atoms with E-state index in [-0.39, 0.29) is 6.04 Å². The van der Waals surface area contributed by atoms with Crippen LogP contribution in [0.2, 0.25) is 0 Å². The summed E-state index contributed by atoms with van der Waals surface area (Å²) in [6, 6.07) is 19.0. The predicted octanol–water partition coefficient (Wildman–Crippen LogP) is 3.12. The lowest BCUT2D eigenvalue weighted by Crippen LogP contribution is -2.11. The van der Waals surface area contributed by atoms with Crippen LogP contribution in [0.25, 0.3) is 10.6 Å². The highest BCUT2D eigenvalue weighted by Crippen LogP contribution is 2.29. The topological polar surface area (TPSA) is 75.6 Å². The second-order valence-corrected chi connectivity index (χ2v) is 5.54. The van der Waals surface area contributed by atoms with Crippen molar-refractivity contribution in [3.63, 3.8) is 0 Å². The first-order chi connectivity index (χ1) is 10.3. The number of nitrogens with two attached hydrogens (primary N) is 1. The van der Waals surface area contributed by atoms with Gasteiger partial charge in [0.1, 0.15) is 10.0 Å². The fourth-order valence-electron chi connectivity index (χ4n) is 2.00. The van der Waals surface area contributed by atoms with Gasteiger partial charge < -0.3 is 5.73 Å². The monoisotopic (exact) mass is 292 g/mol. The van der Waals surface area contributed by atoms with Gasteiger partial charge in [-0.3, -0.25) is 0 Å². The fourth-order valence-corrected chi connectivity index (χ4v) is 2.87. The standard InChI is InChI=1S/C16H12N4S/c17-10-11-5-4-8-13(9-11)15-19-20-16(21-15)14(18)12-6-2-1-3-7-12/h1-9,14H,18H2. The number of nitriles is 1. The molecule has 2 aromatic carbocycles. The van der Waals surface area contributed by atoms with E-state index < -0.39 is 0 Å². The Morgan fingerprint density at radius 1 is 1.05 bits per heavy atom. The Morgan fingerprint density at radius 2 is 1.86 bits per heavy atom. The SMILES string of the molecule is N#Cc1cccc(-c2nnc(C(N)c3ccccc3)s2)c1. The summed E-state index contributed by atoms with van der Waals surface area (Å²) >= 11 is 1.45. The summed E-state index contributed by atoms with van der Waals surface area (Å²) in [7, 11) is 0. The van der Waals surface area contributed by atoms with Crippen LogP contribution in [0, 0.1) is 11.3 Å². The summed E-state index contributed by atoms with van der Waals surface area (Å²) in [5.74, 6) is 0. The highest BCUT2D eigenvalue weighted by atomic mass is 32.1. The predicted molar refractivity (Wildman–Crippen MR) is 82.5 cm³/mol. The summed E-state index contributed by atoms with van der Waals surface area (Å²) in [5, 5.41) is 18.9. The van der Waals surface area contributed by atoms with E-state index in [0.29, 0.717) is 5.56 Å². The van der Waals surface area contributed by atoms with Crippen LogP contribution in [0.1, 0.15) is 22.2 Å². The van der Waals surface area contributed by atoms with Crippen molar-refractivity contribution in [3.05, 3.63) is 70.7 Å². The largest absolute Gasteiger partial charge is 0.318 e. The Hall–Kier alpha value is -2.55. The van der Waals surface area contributed by atoms with Gasteiger partial charge in [0.2, 0.25) is 0 Å². The van der Waals surface area contributed by atoms with Crippen molar-refractivity contribution >= 4 is 11.3 Å². The summed E-state index contributed by atoms with van der Waals surface area (Å²) in [4.78, 5) is 0. The molecule has 1 atom stereocenters. The molecule has 0 fully saturated rings. The van der Waals surface area contributed by atoms with Gasteiger partial charge in [0.05, 0.1) is 17.7 Å². The molecular formula is C16H12N4S. The second kappa shape index (κ2) is 5.83. The molecule has 3 aromatic rings. The van der Waals surface area contributed by atoms with Gasteiger partial charge in [-0.25, -0.2) is 0 Å². The van der Waals surface area contributed by atoms with Crippen LogP contribution >= 0.6 is 11.3 Å². The molecular weight excluding hydrogens is 280 g/mol. The van der Waals surface area contributed by atoms with Gasteiger partial charge in [0.25, 0.3) is 0 Å². The third-order valence-electron chi connectivity index (χ3n) is 3.10. The molecule has 2 N–H and O–H groups in total. The van der Waals surface area contributed by atoms with E-state index in [4.69, 9.17) is 11.0 Å². The minimum Gasteiger partial charge on any atom is -0.318 e. The summed E-state index contributed by atoms with van der Waals surface area (Å²) in [6.45, 7) is 0. The molecule has 0 aliphatic heterocycles. The molecule has 0 aliphatic carbocycles. The minimum absolute atomic E-state index is 0.281. The zero-order valence-electron chi connectivity index (χ0n) is 11.1. The molecule has 0 aliphatic rings. The van der Waals surface area contributed by atoms with Gasteiger partial charge in [-0.1, -0.05) is 53.8 Å². The molecule has 1 aromatic heterocycles. The van der Waals surface area contributed by atoms with E-state index in [1.165, 1.54) is 11.3 Å². The van der Waals surface area contributed by atoms with Crippen LogP contribution in [0.3, 0.4) is 0 Å². The first-order valence-electron chi connectivity index (χ1n) is 6.42. The number of aromatic nitrogens is 2. The van der Waals surface area contributed by atoms with Crippen LogP contribution < -0.4 is 5.73 Å². The molecule has 0 radical (unpaired) electrons. The molecule has 0 saturated heterocycles. The first kappa shape index (κ1) is 13.4. The maximum atomic E-state index is 8.95.